The number of amides is 1. The van der Waals surface area contributed by atoms with Gasteiger partial charge in [0.1, 0.15) is 6.29 Å². The van der Waals surface area contributed by atoms with Crippen LogP contribution in [0, 0.1) is 0 Å². The maximum absolute atomic E-state index is 13.0. The number of hydrogen-bond acceptors (Lipinski definition) is 4. The fourth-order valence-corrected chi connectivity index (χ4v) is 2.89. The van der Waals surface area contributed by atoms with Crippen molar-refractivity contribution in [2.45, 2.75) is 52.2 Å². The molecule has 0 fully saturated rings. The Balaban J connectivity index is 2.73. The number of anilines is 1. The average Bonchev–Trinajstić information content (AvgIpc) is 2.52. The molecule has 1 aromatic carbocycles. The van der Waals surface area contributed by atoms with Crippen LogP contribution in [0.15, 0.2) is 12.1 Å². The predicted molar refractivity (Wildman–Crippen MR) is 84.9 cm³/mol. The van der Waals surface area contributed by atoms with Crippen molar-refractivity contribution >= 4 is 17.9 Å². The van der Waals surface area contributed by atoms with Gasteiger partial charge in [0.2, 0.25) is 0 Å². The fraction of sp³-hybridized carbons (Fsp3) is 0.529. The predicted octanol–water partition coefficient (Wildman–Crippen LogP) is 3.20. The number of carbonyl (C=O) groups excluding carboxylic acids is 2. The number of hydrogen-bond donors (Lipinski definition) is 0. The lowest BCUT2D eigenvalue weighted by Gasteiger charge is -2.44. The monoisotopic (exact) mass is 305 g/mol. The van der Waals surface area contributed by atoms with Crippen LogP contribution >= 0.6 is 0 Å². The number of ether oxygens (including phenoxy) is 2. The summed E-state index contributed by atoms with van der Waals surface area (Å²) in [6.45, 7) is 7.78. The van der Waals surface area contributed by atoms with Crippen LogP contribution in [0.4, 0.5) is 5.69 Å². The summed E-state index contributed by atoms with van der Waals surface area (Å²) in [6, 6.07) is 3.27. The molecule has 22 heavy (non-hydrogen) atoms. The largest absolute Gasteiger partial charge is 0.493 e. The zero-order chi connectivity index (χ0) is 16.5. The van der Waals surface area contributed by atoms with Gasteiger partial charge in [-0.05, 0) is 38.8 Å². The van der Waals surface area contributed by atoms with Gasteiger partial charge in [0.15, 0.2) is 17.1 Å². The molecule has 0 aliphatic carbocycles. The Morgan fingerprint density at radius 3 is 2.41 bits per heavy atom. The second-order valence-corrected chi connectivity index (χ2v) is 5.76. The van der Waals surface area contributed by atoms with E-state index in [1.54, 1.807) is 17.0 Å². The number of benzene rings is 1. The highest BCUT2D eigenvalue weighted by molar-refractivity contribution is 6.04. The van der Waals surface area contributed by atoms with E-state index in [2.05, 4.69) is 0 Å². The summed E-state index contributed by atoms with van der Waals surface area (Å²) in [4.78, 5) is 25.9. The second-order valence-electron chi connectivity index (χ2n) is 5.76. The fourth-order valence-electron chi connectivity index (χ4n) is 2.89. The lowest BCUT2D eigenvalue weighted by atomic mass is 9.91. The van der Waals surface area contributed by atoms with Crippen LogP contribution < -0.4 is 14.4 Å². The molecule has 0 radical (unpaired) electrons. The Kier molecular flexibility index (Phi) is 4.44. The molecular formula is C17H23NO4. The van der Waals surface area contributed by atoms with Gasteiger partial charge in [-0.25, -0.2) is 0 Å². The van der Waals surface area contributed by atoms with Gasteiger partial charge in [0.05, 0.1) is 12.8 Å². The van der Waals surface area contributed by atoms with Crippen LogP contribution in [0.3, 0.4) is 0 Å². The first-order valence-corrected chi connectivity index (χ1v) is 7.64. The van der Waals surface area contributed by atoms with Crippen molar-refractivity contribution < 1.29 is 19.1 Å². The minimum absolute atomic E-state index is 0.0424. The standard InChI is InChI=1S/C17H23NO4/c1-6-17(7-2)16(20)18(11(3)4)13-8-12(10-19)9-14(21-5)15(13)22-17/h8-11H,6-7H2,1-5H3. The summed E-state index contributed by atoms with van der Waals surface area (Å²) in [7, 11) is 1.53. The molecule has 1 amide bonds. The molecule has 5 nitrogen and oxygen atoms in total. The molecule has 0 bridgehead atoms. The number of aldehydes is 1. The number of methoxy groups -OCH3 is 1. The van der Waals surface area contributed by atoms with E-state index >= 15 is 0 Å². The third-order valence-electron chi connectivity index (χ3n) is 4.24. The van der Waals surface area contributed by atoms with Gasteiger partial charge < -0.3 is 14.4 Å². The van der Waals surface area contributed by atoms with Gasteiger partial charge in [-0.2, -0.15) is 0 Å². The van der Waals surface area contributed by atoms with E-state index in [-0.39, 0.29) is 11.9 Å². The lowest BCUT2D eigenvalue weighted by Crippen LogP contribution is -2.57. The molecule has 1 aliphatic heterocycles. The molecule has 1 heterocycles. The number of carbonyl (C=O) groups is 2. The first-order valence-electron chi connectivity index (χ1n) is 7.64. The molecule has 0 saturated carbocycles. The normalized spacial score (nSPS) is 16.3. The topological polar surface area (TPSA) is 55.8 Å². The molecule has 0 atom stereocenters. The summed E-state index contributed by atoms with van der Waals surface area (Å²) in [6.07, 6.45) is 1.89. The van der Waals surface area contributed by atoms with Crippen molar-refractivity contribution in [2.24, 2.45) is 0 Å². The molecule has 0 spiro atoms. The van der Waals surface area contributed by atoms with E-state index < -0.39 is 5.60 Å². The van der Waals surface area contributed by atoms with Crippen molar-refractivity contribution in [1.82, 2.24) is 0 Å². The highest BCUT2D eigenvalue weighted by Crippen LogP contribution is 2.47. The van der Waals surface area contributed by atoms with E-state index in [1.165, 1.54) is 7.11 Å². The van der Waals surface area contributed by atoms with E-state index in [1.807, 2.05) is 27.7 Å². The smallest absolute Gasteiger partial charge is 0.271 e. The minimum atomic E-state index is -0.882. The SMILES string of the molecule is CCC1(CC)Oc2c(OC)cc(C=O)cc2N(C(C)C)C1=O. The maximum atomic E-state index is 13.0. The molecule has 0 N–H and O–H groups in total. The van der Waals surface area contributed by atoms with Crippen LogP contribution in [0.25, 0.3) is 0 Å². The van der Waals surface area contributed by atoms with Crippen molar-refractivity contribution in [3.8, 4) is 11.5 Å². The summed E-state index contributed by atoms with van der Waals surface area (Å²) < 4.78 is 11.5. The molecule has 0 aromatic heterocycles. The Morgan fingerprint density at radius 1 is 1.32 bits per heavy atom. The first-order chi connectivity index (χ1) is 10.4. The molecule has 1 aliphatic rings. The van der Waals surface area contributed by atoms with Gasteiger partial charge >= 0.3 is 0 Å². The molecule has 5 heteroatoms. The van der Waals surface area contributed by atoms with Crippen LogP contribution in [0.1, 0.15) is 50.9 Å². The quantitative estimate of drug-likeness (QED) is 0.784. The van der Waals surface area contributed by atoms with Crippen molar-refractivity contribution in [2.75, 3.05) is 12.0 Å². The molecule has 2 rings (SSSR count). The number of nitrogens with zero attached hydrogens (tertiary/aromatic N) is 1. The van der Waals surface area contributed by atoms with Crippen LogP contribution in [0.2, 0.25) is 0 Å². The van der Waals surface area contributed by atoms with E-state index in [9.17, 15) is 9.59 Å². The van der Waals surface area contributed by atoms with Gasteiger partial charge in [-0.3, -0.25) is 9.59 Å². The third kappa shape index (κ3) is 2.34. The first kappa shape index (κ1) is 16.3. The molecule has 1 aromatic rings. The highest BCUT2D eigenvalue weighted by atomic mass is 16.5. The van der Waals surface area contributed by atoms with Crippen LogP contribution in [0.5, 0.6) is 11.5 Å². The zero-order valence-corrected chi connectivity index (χ0v) is 13.8. The number of fused-ring (bicyclic) bond motifs is 1. The number of rotatable bonds is 5. The Labute approximate surface area is 131 Å². The molecule has 0 saturated heterocycles. The van der Waals surface area contributed by atoms with E-state index in [0.717, 1.165) is 6.29 Å². The molecule has 0 unspecified atom stereocenters. The lowest BCUT2D eigenvalue weighted by molar-refractivity contribution is -0.136. The molecular weight excluding hydrogens is 282 g/mol. The van der Waals surface area contributed by atoms with Gasteiger partial charge in [-0.1, -0.05) is 13.8 Å². The minimum Gasteiger partial charge on any atom is -0.493 e. The van der Waals surface area contributed by atoms with Gasteiger partial charge in [-0.15, -0.1) is 0 Å². The Bertz CT molecular complexity index is 591. The van der Waals surface area contributed by atoms with E-state index in [4.69, 9.17) is 9.47 Å². The van der Waals surface area contributed by atoms with Crippen molar-refractivity contribution in [1.29, 1.82) is 0 Å². The molecule has 120 valence electrons. The Hall–Kier alpha value is -2.04. The van der Waals surface area contributed by atoms with Gasteiger partial charge in [0, 0.05) is 11.6 Å². The zero-order valence-electron chi connectivity index (χ0n) is 13.8. The maximum Gasteiger partial charge on any atom is 0.271 e. The third-order valence-corrected chi connectivity index (χ3v) is 4.24. The highest BCUT2D eigenvalue weighted by Gasteiger charge is 2.47. The summed E-state index contributed by atoms with van der Waals surface area (Å²) in [5, 5.41) is 0. The Morgan fingerprint density at radius 2 is 1.95 bits per heavy atom. The summed E-state index contributed by atoms with van der Waals surface area (Å²) in [5.41, 5.74) is 0.171. The van der Waals surface area contributed by atoms with E-state index in [0.29, 0.717) is 35.6 Å². The van der Waals surface area contributed by atoms with Crippen molar-refractivity contribution in [3.63, 3.8) is 0 Å². The van der Waals surface area contributed by atoms with Crippen LogP contribution in [-0.4, -0.2) is 30.9 Å². The van der Waals surface area contributed by atoms with Crippen LogP contribution in [-0.2, 0) is 4.79 Å². The average molecular weight is 305 g/mol. The second kappa shape index (κ2) is 5.99. The van der Waals surface area contributed by atoms with Crippen molar-refractivity contribution in [3.05, 3.63) is 17.7 Å². The summed E-state index contributed by atoms with van der Waals surface area (Å²) >= 11 is 0. The summed E-state index contributed by atoms with van der Waals surface area (Å²) in [5.74, 6) is 0.944. The van der Waals surface area contributed by atoms with Gasteiger partial charge in [0.25, 0.3) is 5.91 Å².